The van der Waals surface area contributed by atoms with Gasteiger partial charge >= 0.3 is 6.18 Å². The van der Waals surface area contributed by atoms with E-state index in [1.54, 1.807) is 0 Å². The SMILES string of the molecule is CC(C)(C)CC=O.CC(C=O)C(F)(F)F. The Hall–Kier alpha value is -0.870. The summed E-state index contributed by atoms with van der Waals surface area (Å²) in [4.78, 5) is 19.3. The summed E-state index contributed by atoms with van der Waals surface area (Å²) in [6, 6.07) is 0. The zero-order chi connectivity index (χ0) is 12.7. The van der Waals surface area contributed by atoms with E-state index in [9.17, 15) is 22.8 Å². The normalized spacial score (nSPS) is 13.5. The van der Waals surface area contributed by atoms with Gasteiger partial charge in [-0.2, -0.15) is 13.2 Å². The highest BCUT2D eigenvalue weighted by Crippen LogP contribution is 2.23. The molecular weight excluding hydrogens is 209 g/mol. The van der Waals surface area contributed by atoms with Crippen LogP contribution in [-0.2, 0) is 9.59 Å². The highest BCUT2D eigenvalue weighted by atomic mass is 19.4. The van der Waals surface area contributed by atoms with Crippen LogP contribution >= 0.6 is 0 Å². The second kappa shape index (κ2) is 6.58. The Morgan fingerprint density at radius 2 is 1.53 bits per heavy atom. The van der Waals surface area contributed by atoms with Crippen LogP contribution in [0.5, 0.6) is 0 Å². The van der Waals surface area contributed by atoms with Crippen LogP contribution in [0.3, 0.4) is 0 Å². The lowest BCUT2D eigenvalue weighted by atomic mass is 9.93. The molecule has 5 heteroatoms. The quantitative estimate of drug-likeness (QED) is 0.678. The molecule has 0 bridgehead atoms. The third kappa shape index (κ3) is 13.1. The van der Waals surface area contributed by atoms with Crippen LogP contribution in [0.15, 0.2) is 0 Å². The number of carbonyl (C=O) groups excluding carboxylic acids is 2. The predicted molar refractivity (Wildman–Crippen MR) is 51.4 cm³/mol. The van der Waals surface area contributed by atoms with E-state index >= 15 is 0 Å². The van der Waals surface area contributed by atoms with Crippen molar-refractivity contribution in [2.75, 3.05) is 0 Å². The van der Waals surface area contributed by atoms with E-state index in [0.29, 0.717) is 6.42 Å². The fourth-order valence-corrected chi connectivity index (χ4v) is 0.327. The van der Waals surface area contributed by atoms with Crippen LogP contribution in [0.1, 0.15) is 34.1 Å². The third-order valence-corrected chi connectivity index (χ3v) is 1.42. The third-order valence-electron chi connectivity index (χ3n) is 1.42. The Morgan fingerprint density at radius 1 is 1.13 bits per heavy atom. The standard InChI is InChI=1S/C6H12O.C4H5F3O/c1-6(2,3)4-5-7;1-3(2-8)4(5,6)7/h5H,4H2,1-3H3;2-3H,1H3. The first-order chi connectivity index (χ1) is 6.54. The molecule has 0 saturated carbocycles. The average molecular weight is 226 g/mol. The number of halogens is 3. The van der Waals surface area contributed by atoms with E-state index in [0.717, 1.165) is 13.2 Å². The van der Waals surface area contributed by atoms with Gasteiger partial charge < -0.3 is 9.59 Å². The molecule has 0 rings (SSSR count). The number of carbonyl (C=O) groups is 2. The van der Waals surface area contributed by atoms with Gasteiger partial charge in [-0.15, -0.1) is 0 Å². The van der Waals surface area contributed by atoms with Gasteiger partial charge in [0.25, 0.3) is 0 Å². The smallest absolute Gasteiger partial charge is 0.303 e. The Bertz CT molecular complexity index is 192. The topological polar surface area (TPSA) is 34.1 Å². The van der Waals surface area contributed by atoms with Crippen molar-refractivity contribution in [1.29, 1.82) is 0 Å². The van der Waals surface area contributed by atoms with Crippen LogP contribution < -0.4 is 0 Å². The molecule has 0 amide bonds. The van der Waals surface area contributed by atoms with Gasteiger partial charge in [0.15, 0.2) is 0 Å². The summed E-state index contributed by atoms with van der Waals surface area (Å²) in [7, 11) is 0. The molecule has 1 unspecified atom stereocenters. The number of aldehydes is 2. The molecule has 15 heavy (non-hydrogen) atoms. The lowest BCUT2D eigenvalue weighted by Gasteiger charge is -2.11. The summed E-state index contributed by atoms with van der Waals surface area (Å²) < 4.78 is 33.7. The van der Waals surface area contributed by atoms with E-state index in [4.69, 9.17) is 0 Å². The molecule has 0 radical (unpaired) electrons. The van der Waals surface area contributed by atoms with Crippen molar-refractivity contribution < 1.29 is 22.8 Å². The van der Waals surface area contributed by atoms with Crippen LogP contribution in [0.2, 0.25) is 0 Å². The largest absolute Gasteiger partial charge is 0.398 e. The Labute approximate surface area is 87.8 Å². The van der Waals surface area contributed by atoms with Crippen LogP contribution in [-0.4, -0.2) is 18.7 Å². The highest BCUT2D eigenvalue weighted by Gasteiger charge is 2.35. The zero-order valence-corrected chi connectivity index (χ0v) is 9.39. The minimum absolute atomic E-state index is 0.125. The van der Waals surface area contributed by atoms with Gasteiger partial charge in [0, 0.05) is 6.42 Å². The fraction of sp³-hybridized carbons (Fsp3) is 0.800. The molecule has 0 fully saturated rings. The maximum absolute atomic E-state index is 11.2. The lowest BCUT2D eigenvalue weighted by molar-refractivity contribution is -0.170. The van der Waals surface area contributed by atoms with E-state index < -0.39 is 12.1 Å². The van der Waals surface area contributed by atoms with Gasteiger partial charge in [-0.05, 0) is 12.3 Å². The predicted octanol–water partition coefficient (Wildman–Crippen LogP) is 3.01. The minimum Gasteiger partial charge on any atom is -0.303 e. The summed E-state index contributed by atoms with van der Waals surface area (Å²) in [5.41, 5.74) is 0.182. The first kappa shape index (κ1) is 16.6. The first-order valence-electron chi connectivity index (χ1n) is 4.50. The number of hydrogen-bond acceptors (Lipinski definition) is 2. The molecule has 0 heterocycles. The highest BCUT2D eigenvalue weighted by molar-refractivity contribution is 5.53. The number of alkyl halides is 3. The van der Waals surface area contributed by atoms with Crippen LogP contribution in [0, 0.1) is 11.3 Å². The van der Waals surface area contributed by atoms with Crippen molar-refractivity contribution in [1.82, 2.24) is 0 Å². The second-order valence-electron chi connectivity index (χ2n) is 4.40. The van der Waals surface area contributed by atoms with Crippen molar-refractivity contribution in [2.45, 2.75) is 40.3 Å². The van der Waals surface area contributed by atoms with Crippen molar-refractivity contribution in [3.63, 3.8) is 0 Å². The molecule has 0 aromatic rings. The number of rotatable bonds is 2. The summed E-state index contributed by atoms with van der Waals surface area (Å²) in [6.07, 6.45) is -2.87. The van der Waals surface area contributed by atoms with E-state index in [1.807, 2.05) is 20.8 Å². The van der Waals surface area contributed by atoms with Gasteiger partial charge in [0.2, 0.25) is 0 Å². The van der Waals surface area contributed by atoms with Crippen molar-refractivity contribution in [3.05, 3.63) is 0 Å². The Morgan fingerprint density at radius 3 is 1.53 bits per heavy atom. The van der Waals surface area contributed by atoms with Crippen molar-refractivity contribution in [2.24, 2.45) is 11.3 Å². The van der Waals surface area contributed by atoms with Gasteiger partial charge in [0.05, 0.1) is 0 Å². The molecule has 0 aliphatic heterocycles. The van der Waals surface area contributed by atoms with Crippen LogP contribution in [0.4, 0.5) is 13.2 Å². The maximum atomic E-state index is 11.2. The van der Waals surface area contributed by atoms with Crippen molar-refractivity contribution >= 4 is 12.6 Å². The van der Waals surface area contributed by atoms with E-state index in [-0.39, 0.29) is 11.7 Å². The molecule has 1 atom stereocenters. The van der Waals surface area contributed by atoms with E-state index in [2.05, 4.69) is 0 Å². The molecule has 2 nitrogen and oxygen atoms in total. The monoisotopic (exact) mass is 226 g/mol. The maximum Gasteiger partial charge on any atom is 0.398 e. The molecule has 0 aromatic carbocycles. The van der Waals surface area contributed by atoms with E-state index in [1.165, 1.54) is 0 Å². The molecule has 0 aliphatic carbocycles. The molecule has 0 N–H and O–H groups in total. The summed E-state index contributed by atoms with van der Waals surface area (Å²) >= 11 is 0. The summed E-state index contributed by atoms with van der Waals surface area (Å²) in [5.74, 6) is -1.83. The molecule has 0 aliphatic rings. The average Bonchev–Trinajstić information content (AvgIpc) is 2.00. The van der Waals surface area contributed by atoms with Gasteiger partial charge in [-0.3, -0.25) is 0 Å². The summed E-state index contributed by atoms with van der Waals surface area (Å²) in [5, 5.41) is 0. The fourth-order valence-electron chi connectivity index (χ4n) is 0.327. The molecule has 0 spiro atoms. The van der Waals surface area contributed by atoms with Gasteiger partial charge in [-0.1, -0.05) is 20.8 Å². The lowest BCUT2D eigenvalue weighted by Crippen LogP contribution is -2.20. The Kier molecular flexibility index (Phi) is 7.27. The second-order valence-corrected chi connectivity index (χ2v) is 4.40. The summed E-state index contributed by atoms with van der Waals surface area (Å²) in [6.45, 7) is 6.94. The molecule has 0 aromatic heterocycles. The molecule has 90 valence electrons. The van der Waals surface area contributed by atoms with Gasteiger partial charge in [0.1, 0.15) is 18.5 Å². The first-order valence-corrected chi connectivity index (χ1v) is 4.50. The Balaban J connectivity index is 0. The minimum atomic E-state index is -4.36. The zero-order valence-electron chi connectivity index (χ0n) is 9.39. The number of hydrogen-bond donors (Lipinski definition) is 0. The molecule has 0 saturated heterocycles. The van der Waals surface area contributed by atoms with Crippen molar-refractivity contribution in [3.8, 4) is 0 Å². The van der Waals surface area contributed by atoms with Crippen LogP contribution in [0.25, 0.3) is 0 Å². The molecular formula is C10H17F3O2. The van der Waals surface area contributed by atoms with Gasteiger partial charge in [-0.25, -0.2) is 0 Å².